The number of nitrogens with zero attached hydrogens (tertiary/aromatic N) is 4. The van der Waals surface area contributed by atoms with Crippen LogP contribution < -0.4 is 4.90 Å². The Morgan fingerprint density at radius 1 is 1.03 bits per heavy atom. The van der Waals surface area contributed by atoms with E-state index in [4.69, 9.17) is 21.0 Å². The number of hydrogen-bond donors (Lipinski definition) is 0. The van der Waals surface area contributed by atoms with Gasteiger partial charge in [-0.05, 0) is 0 Å². The van der Waals surface area contributed by atoms with E-state index in [1.807, 2.05) is 42.5 Å². The summed E-state index contributed by atoms with van der Waals surface area (Å²) in [7, 11) is 0. The van der Waals surface area contributed by atoms with Crippen LogP contribution in [-0.4, -0.2) is 45.8 Å². The molecule has 1 aromatic heterocycles. The van der Waals surface area contributed by atoms with Crippen molar-refractivity contribution in [3.05, 3.63) is 116 Å². The summed E-state index contributed by atoms with van der Waals surface area (Å²) in [6, 6.07) is 22.4. The van der Waals surface area contributed by atoms with Gasteiger partial charge in [-0.15, -0.1) is 0 Å². The predicted molar refractivity (Wildman–Crippen MR) is 153 cm³/mol. The number of nitriles is 1. The molecule has 0 amide bonds. The van der Waals surface area contributed by atoms with E-state index in [0.717, 1.165) is 84.0 Å². The molecule has 2 aromatic carbocycles. The van der Waals surface area contributed by atoms with E-state index in [-0.39, 0.29) is 20.2 Å². The summed E-state index contributed by atoms with van der Waals surface area (Å²) < 4.78 is 14.5. The molecule has 3 heterocycles. The Morgan fingerprint density at radius 3 is 2.44 bits per heavy atom. The third-order valence-electron chi connectivity index (χ3n) is 7.06. The van der Waals surface area contributed by atoms with Crippen molar-refractivity contribution in [2.75, 3.05) is 31.2 Å². The van der Waals surface area contributed by atoms with Crippen LogP contribution in [0.4, 0.5) is 4.69 Å². The molecule has 39 heavy (non-hydrogen) atoms. The summed E-state index contributed by atoms with van der Waals surface area (Å²) in [4.78, 5) is 11.1. The molecular weight excluding hydrogens is 551 g/mol. The predicted octanol–water partition coefficient (Wildman–Crippen LogP) is 6.23. The van der Waals surface area contributed by atoms with Gasteiger partial charge in [0.15, 0.2) is 0 Å². The van der Waals surface area contributed by atoms with Crippen LogP contribution in [-0.2, 0) is 9.47 Å². The number of hydrogen-bond acceptors (Lipinski definition) is 5. The monoisotopic (exact) mass is 578 g/mol. The summed E-state index contributed by atoms with van der Waals surface area (Å²) in [5.41, 5.74) is 5.87. The van der Waals surface area contributed by atoms with Crippen LogP contribution in [0.1, 0.15) is 29.3 Å². The zero-order valence-electron chi connectivity index (χ0n) is 21.4. The van der Waals surface area contributed by atoms with Crippen molar-refractivity contribution in [3.8, 4) is 17.3 Å². The Kier molecular flexibility index (Phi) is 7.30. The fraction of sp³-hybridized carbons (Fsp3) is 0.219. The third kappa shape index (κ3) is 5.13. The van der Waals surface area contributed by atoms with Gasteiger partial charge in [-0.2, -0.15) is 0 Å². The SMILES string of the molecule is [C-]#[N+]/C(C#N)=C1\C=C(c2ccccc2)OC2=C1CCC/C2=C\c1[se]c(N2CCOCC2)nc1-c1ccccc1. The summed E-state index contributed by atoms with van der Waals surface area (Å²) in [6.07, 6.45) is 6.70. The molecule has 0 saturated carbocycles. The van der Waals surface area contributed by atoms with Crippen LogP contribution in [0.2, 0.25) is 0 Å². The average molecular weight is 578 g/mol. The second-order valence-electron chi connectivity index (χ2n) is 9.47. The van der Waals surface area contributed by atoms with Gasteiger partial charge in [-0.1, -0.05) is 0 Å². The molecule has 1 saturated heterocycles. The molecule has 1 aliphatic carbocycles. The van der Waals surface area contributed by atoms with Crippen LogP contribution in [0, 0.1) is 17.9 Å². The number of morpholine rings is 1. The van der Waals surface area contributed by atoms with Gasteiger partial charge in [-0.25, -0.2) is 0 Å². The zero-order chi connectivity index (χ0) is 26.6. The van der Waals surface area contributed by atoms with Gasteiger partial charge in [0, 0.05) is 0 Å². The Labute approximate surface area is 234 Å². The number of rotatable bonds is 4. The fourth-order valence-corrected chi connectivity index (χ4v) is 7.45. The number of aromatic nitrogens is 1. The second-order valence-corrected chi connectivity index (χ2v) is 11.6. The molecule has 0 atom stereocenters. The molecule has 3 aromatic rings. The van der Waals surface area contributed by atoms with E-state index in [0.29, 0.717) is 11.3 Å². The van der Waals surface area contributed by atoms with Gasteiger partial charge in [0.1, 0.15) is 0 Å². The van der Waals surface area contributed by atoms with E-state index in [9.17, 15) is 5.26 Å². The minimum atomic E-state index is 0.0352. The van der Waals surface area contributed by atoms with E-state index >= 15 is 0 Å². The summed E-state index contributed by atoms with van der Waals surface area (Å²) in [6.45, 7) is 10.8. The van der Waals surface area contributed by atoms with Gasteiger partial charge in [-0.3, -0.25) is 0 Å². The van der Waals surface area contributed by atoms with Crippen LogP contribution in [0.5, 0.6) is 0 Å². The number of ether oxygens (including phenoxy) is 2. The molecule has 192 valence electrons. The van der Waals surface area contributed by atoms with E-state index < -0.39 is 0 Å². The number of allylic oxidation sites excluding steroid dienone is 5. The van der Waals surface area contributed by atoms with Crippen molar-refractivity contribution >= 4 is 31.0 Å². The molecule has 6 nitrogen and oxygen atoms in total. The molecule has 1 fully saturated rings. The first-order valence-electron chi connectivity index (χ1n) is 13.1. The molecule has 0 unspecified atom stereocenters. The van der Waals surface area contributed by atoms with Crippen molar-refractivity contribution in [2.24, 2.45) is 0 Å². The molecule has 2 aliphatic heterocycles. The Bertz CT molecular complexity index is 1580. The van der Waals surface area contributed by atoms with Gasteiger partial charge in [0.05, 0.1) is 0 Å². The Morgan fingerprint density at radius 2 is 1.74 bits per heavy atom. The maximum absolute atomic E-state index is 9.77. The number of benzene rings is 2. The molecule has 7 heteroatoms. The van der Waals surface area contributed by atoms with E-state index in [2.05, 4.69) is 46.2 Å². The van der Waals surface area contributed by atoms with Crippen LogP contribution >= 0.6 is 0 Å². The molecule has 0 radical (unpaired) electrons. The minimum absolute atomic E-state index is 0.0352. The summed E-state index contributed by atoms with van der Waals surface area (Å²) in [5, 5.41) is 9.77. The van der Waals surface area contributed by atoms with E-state index in [1.165, 1.54) is 4.44 Å². The molecule has 0 spiro atoms. The molecular formula is C32H26N4O2Se. The van der Waals surface area contributed by atoms with Crippen molar-refractivity contribution < 1.29 is 9.47 Å². The Balaban J connectivity index is 1.48. The van der Waals surface area contributed by atoms with Crippen molar-refractivity contribution in [1.29, 1.82) is 5.26 Å². The first-order valence-corrected chi connectivity index (χ1v) is 14.8. The first-order chi connectivity index (χ1) is 19.2. The summed E-state index contributed by atoms with van der Waals surface area (Å²) in [5.74, 6) is 1.44. The van der Waals surface area contributed by atoms with Crippen molar-refractivity contribution in [2.45, 2.75) is 19.3 Å². The molecule has 3 aliphatic rings. The van der Waals surface area contributed by atoms with Gasteiger partial charge in [0.25, 0.3) is 0 Å². The molecule has 0 N–H and O–H groups in total. The van der Waals surface area contributed by atoms with Crippen LogP contribution in [0.15, 0.2) is 94.9 Å². The van der Waals surface area contributed by atoms with Gasteiger partial charge in [0.2, 0.25) is 0 Å². The maximum atomic E-state index is 9.77. The topological polar surface area (TPSA) is 62.7 Å². The quantitative estimate of drug-likeness (QED) is 0.209. The van der Waals surface area contributed by atoms with Crippen molar-refractivity contribution in [3.63, 3.8) is 0 Å². The fourth-order valence-electron chi connectivity index (χ4n) is 5.13. The normalized spacial score (nSPS) is 19.5. The average Bonchev–Trinajstić information content (AvgIpc) is 3.43. The molecule has 0 bridgehead atoms. The van der Waals surface area contributed by atoms with Crippen LogP contribution in [0.3, 0.4) is 0 Å². The van der Waals surface area contributed by atoms with E-state index in [1.54, 1.807) is 0 Å². The third-order valence-corrected chi connectivity index (χ3v) is 9.29. The van der Waals surface area contributed by atoms with Gasteiger partial charge >= 0.3 is 235 Å². The molecule has 6 rings (SSSR count). The van der Waals surface area contributed by atoms with Gasteiger partial charge < -0.3 is 0 Å². The zero-order valence-corrected chi connectivity index (χ0v) is 23.1. The summed E-state index contributed by atoms with van der Waals surface area (Å²) >= 11 is 0.0352. The first kappa shape index (κ1) is 25.2. The van der Waals surface area contributed by atoms with Crippen molar-refractivity contribution in [1.82, 2.24) is 4.98 Å². The second kappa shape index (κ2) is 11.3. The standard InChI is InChI=1S/C32H26N4O2Se/c1-34-27(21-33)26-20-28(22-9-4-2-5-10-22)38-31-24(13-8-14-25(26)31)19-29-30(23-11-6-3-7-12-23)35-32(39-29)36-15-17-37-18-16-36/h2-7,9-12,19-20H,8,13-18H2/b24-19+,27-26+. The Hall–Kier alpha value is -4.13. The van der Waals surface area contributed by atoms with Crippen LogP contribution in [0.25, 0.3) is 27.9 Å². The number of anilines is 1.